The lowest BCUT2D eigenvalue weighted by atomic mass is 10.0. The van der Waals surface area contributed by atoms with Crippen LogP contribution in [0.1, 0.15) is 40.5 Å². The molecule has 0 aliphatic rings. The van der Waals surface area contributed by atoms with Crippen LogP contribution in [0.15, 0.2) is 12.1 Å². The highest BCUT2D eigenvalue weighted by atomic mass is 16.5. The minimum absolute atomic E-state index is 0.0310. The van der Waals surface area contributed by atoms with Gasteiger partial charge in [-0.25, -0.2) is 14.4 Å². The Labute approximate surface area is 133 Å². The molecule has 23 heavy (non-hydrogen) atoms. The lowest BCUT2D eigenvalue weighted by Gasteiger charge is -2.14. The van der Waals surface area contributed by atoms with Crippen LogP contribution in [0.3, 0.4) is 0 Å². The maximum absolute atomic E-state index is 11.9. The van der Waals surface area contributed by atoms with E-state index >= 15 is 0 Å². The van der Waals surface area contributed by atoms with E-state index in [0.29, 0.717) is 6.42 Å². The van der Waals surface area contributed by atoms with E-state index in [0.717, 1.165) is 26.7 Å². The standard InChI is InChI=1S/C15H19NO7/c1-4-5-8-23-15(20)16-9-6-7-10(17)12(14(19)22-3)11(9)13(18)21-2/h6-7,17H,4-5,8H2,1-3H3,(H,16,20). The van der Waals surface area contributed by atoms with Crippen LogP contribution in [0, 0.1) is 0 Å². The minimum Gasteiger partial charge on any atom is -0.507 e. The monoisotopic (exact) mass is 325 g/mol. The van der Waals surface area contributed by atoms with E-state index in [-0.39, 0.29) is 17.9 Å². The molecule has 1 aromatic rings. The molecule has 126 valence electrons. The Morgan fingerprint density at radius 2 is 1.70 bits per heavy atom. The van der Waals surface area contributed by atoms with Crippen LogP contribution in [-0.4, -0.2) is 44.0 Å². The van der Waals surface area contributed by atoms with Gasteiger partial charge in [-0.2, -0.15) is 0 Å². The number of phenolic OH excluding ortho intramolecular Hbond substituents is 1. The third-order valence-corrected chi connectivity index (χ3v) is 2.93. The Kier molecular flexibility index (Phi) is 6.85. The number of benzene rings is 1. The van der Waals surface area contributed by atoms with Crippen molar-refractivity contribution in [3.63, 3.8) is 0 Å². The van der Waals surface area contributed by atoms with Gasteiger partial charge in [-0.05, 0) is 18.6 Å². The number of esters is 2. The lowest BCUT2D eigenvalue weighted by Crippen LogP contribution is -2.20. The number of phenols is 1. The Morgan fingerprint density at radius 1 is 1.09 bits per heavy atom. The fraction of sp³-hybridized carbons (Fsp3) is 0.400. The van der Waals surface area contributed by atoms with Gasteiger partial charge >= 0.3 is 18.0 Å². The molecule has 0 heterocycles. The van der Waals surface area contributed by atoms with Crippen LogP contribution < -0.4 is 5.32 Å². The Morgan fingerprint density at radius 3 is 2.26 bits per heavy atom. The zero-order valence-electron chi connectivity index (χ0n) is 13.2. The summed E-state index contributed by atoms with van der Waals surface area (Å²) in [7, 11) is 2.21. The second-order valence-corrected chi connectivity index (χ2v) is 4.48. The Hall–Kier alpha value is -2.77. The first-order valence-electron chi connectivity index (χ1n) is 6.92. The third kappa shape index (κ3) is 4.60. The molecule has 0 atom stereocenters. The van der Waals surface area contributed by atoms with Crippen LogP contribution in [0.5, 0.6) is 5.75 Å². The van der Waals surface area contributed by atoms with E-state index in [1.54, 1.807) is 0 Å². The number of ether oxygens (including phenoxy) is 3. The van der Waals surface area contributed by atoms with Crippen LogP contribution in [0.4, 0.5) is 10.5 Å². The molecule has 8 nitrogen and oxygen atoms in total. The minimum atomic E-state index is -0.939. The number of rotatable bonds is 6. The van der Waals surface area contributed by atoms with Crippen LogP contribution in [0.25, 0.3) is 0 Å². The van der Waals surface area contributed by atoms with Crippen molar-refractivity contribution in [2.45, 2.75) is 19.8 Å². The molecule has 0 aliphatic carbocycles. The lowest BCUT2D eigenvalue weighted by molar-refractivity contribution is 0.0553. The fourth-order valence-corrected chi connectivity index (χ4v) is 1.77. The molecule has 8 heteroatoms. The topological polar surface area (TPSA) is 111 Å². The highest BCUT2D eigenvalue weighted by Gasteiger charge is 2.27. The second-order valence-electron chi connectivity index (χ2n) is 4.48. The maximum atomic E-state index is 11.9. The summed E-state index contributed by atoms with van der Waals surface area (Å²) >= 11 is 0. The molecule has 0 saturated heterocycles. The van der Waals surface area contributed by atoms with E-state index in [9.17, 15) is 19.5 Å². The van der Waals surface area contributed by atoms with Crippen molar-refractivity contribution < 1.29 is 33.7 Å². The molecular formula is C15H19NO7. The number of anilines is 1. The van der Waals surface area contributed by atoms with Crippen molar-refractivity contribution in [3.8, 4) is 5.75 Å². The molecule has 1 aromatic carbocycles. The fourth-order valence-electron chi connectivity index (χ4n) is 1.77. The van der Waals surface area contributed by atoms with E-state index in [1.807, 2.05) is 6.92 Å². The molecule has 1 amide bonds. The number of nitrogens with one attached hydrogen (secondary N) is 1. The van der Waals surface area contributed by atoms with Crippen LogP contribution in [-0.2, 0) is 14.2 Å². The van der Waals surface area contributed by atoms with Crippen LogP contribution >= 0.6 is 0 Å². The Balaban J connectivity index is 3.19. The highest BCUT2D eigenvalue weighted by molar-refractivity contribution is 6.10. The van der Waals surface area contributed by atoms with Crippen molar-refractivity contribution in [1.82, 2.24) is 0 Å². The molecule has 0 fully saturated rings. The first kappa shape index (κ1) is 18.3. The summed E-state index contributed by atoms with van der Waals surface area (Å²) < 4.78 is 14.1. The molecule has 0 aliphatic heterocycles. The predicted molar refractivity (Wildman–Crippen MR) is 80.7 cm³/mol. The molecule has 0 radical (unpaired) electrons. The van der Waals surface area contributed by atoms with Crippen molar-refractivity contribution in [1.29, 1.82) is 0 Å². The quantitative estimate of drug-likeness (QED) is 0.357. The van der Waals surface area contributed by atoms with Crippen molar-refractivity contribution in [3.05, 3.63) is 23.3 Å². The summed E-state index contributed by atoms with van der Waals surface area (Å²) in [5.74, 6) is -2.32. The summed E-state index contributed by atoms with van der Waals surface area (Å²) in [5.41, 5.74) is -0.742. The van der Waals surface area contributed by atoms with Gasteiger partial charge in [-0.1, -0.05) is 13.3 Å². The summed E-state index contributed by atoms with van der Waals surface area (Å²) in [6.45, 7) is 2.16. The molecule has 0 spiro atoms. The van der Waals surface area contributed by atoms with Gasteiger partial charge in [0, 0.05) is 0 Å². The predicted octanol–water partition coefficient (Wildman–Crippen LogP) is 2.31. The zero-order chi connectivity index (χ0) is 17.4. The molecule has 0 saturated carbocycles. The van der Waals surface area contributed by atoms with Gasteiger partial charge in [-0.15, -0.1) is 0 Å². The van der Waals surface area contributed by atoms with Gasteiger partial charge in [-0.3, -0.25) is 5.32 Å². The number of amides is 1. The molecule has 0 aromatic heterocycles. The van der Waals surface area contributed by atoms with Gasteiger partial charge in [0.1, 0.15) is 16.9 Å². The van der Waals surface area contributed by atoms with E-state index in [2.05, 4.69) is 14.8 Å². The van der Waals surface area contributed by atoms with Crippen molar-refractivity contribution >= 4 is 23.7 Å². The van der Waals surface area contributed by atoms with E-state index in [4.69, 9.17) is 4.74 Å². The van der Waals surface area contributed by atoms with Crippen LogP contribution in [0.2, 0.25) is 0 Å². The second kappa shape index (κ2) is 8.62. The number of carbonyl (C=O) groups is 3. The Bertz CT molecular complexity index is 598. The summed E-state index contributed by atoms with van der Waals surface area (Å²) in [4.78, 5) is 35.4. The summed E-state index contributed by atoms with van der Waals surface area (Å²) in [6.07, 6.45) is 0.761. The van der Waals surface area contributed by atoms with Crippen molar-refractivity contribution in [2.24, 2.45) is 0 Å². The molecule has 0 bridgehead atoms. The number of aromatic hydroxyl groups is 1. The third-order valence-electron chi connectivity index (χ3n) is 2.93. The molecular weight excluding hydrogens is 306 g/mol. The van der Waals surface area contributed by atoms with Gasteiger partial charge in [0.2, 0.25) is 0 Å². The number of hydrogen-bond donors (Lipinski definition) is 2. The van der Waals surface area contributed by atoms with Crippen molar-refractivity contribution in [2.75, 3.05) is 26.1 Å². The number of carbonyl (C=O) groups excluding carboxylic acids is 3. The normalized spacial score (nSPS) is 9.87. The first-order chi connectivity index (χ1) is 11.0. The number of unbranched alkanes of at least 4 members (excludes halogenated alkanes) is 1. The smallest absolute Gasteiger partial charge is 0.411 e. The van der Waals surface area contributed by atoms with Gasteiger partial charge < -0.3 is 19.3 Å². The summed E-state index contributed by atoms with van der Waals surface area (Å²) in [6, 6.07) is 2.41. The molecule has 2 N–H and O–H groups in total. The average Bonchev–Trinajstić information content (AvgIpc) is 2.54. The maximum Gasteiger partial charge on any atom is 0.411 e. The average molecular weight is 325 g/mol. The largest absolute Gasteiger partial charge is 0.507 e. The van der Waals surface area contributed by atoms with Gasteiger partial charge in [0.05, 0.1) is 26.5 Å². The van der Waals surface area contributed by atoms with E-state index in [1.165, 1.54) is 6.07 Å². The van der Waals surface area contributed by atoms with Gasteiger partial charge in [0.15, 0.2) is 0 Å². The summed E-state index contributed by atoms with van der Waals surface area (Å²) in [5, 5.41) is 12.2. The SMILES string of the molecule is CCCCOC(=O)Nc1ccc(O)c(C(=O)OC)c1C(=O)OC. The van der Waals surface area contributed by atoms with Gasteiger partial charge in [0.25, 0.3) is 0 Å². The highest BCUT2D eigenvalue weighted by Crippen LogP contribution is 2.29. The zero-order valence-corrected chi connectivity index (χ0v) is 13.2. The molecule has 0 unspecified atom stereocenters. The number of hydrogen-bond acceptors (Lipinski definition) is 7. The number of methoxy groups -OCH3 is 2. The van der Waals surface area contributed by atoms with E-state index < -0.39 is 29.3 Å². The molecule has 1 rings (SSSR count). The first-order valence-corrected chi connectivity index (χ1v) is 6.92.